The second kappa shape index (κ2) is 12.1. The lowest BCUT2D eigenvalue weighted by Gasteiger charge is -2.17. The first-order valence-corrected chi connectivity index (χ1v) is 12.0. The van der Waals surface area contributed by atoms with E-state index in [-0.39, 0.29) is 25.4 Å². The van der Waals surface area contributed by atoms with Crippen molar-refractivity contribution in [2.45, 2.75) is 24.8 Å². The maximum Gasteiger partial charge on any atom is 0.407 e. The molecule has 0 fully saturated rings. The van der Waals surface area contributed by atoms with Crippen LogP contribution in [0.4, 0.5) is 4.79 Å². The summed E-state index contributed by atoms with van der Waals surface area (Å²) in [4.78, 5) is 48.4. The third-order valence-electron chi connectivity index (χ3n) is 6.35. The molecule has 38 heavy (non-hydrogen) atoms. The molecule has 196 valence electrons. The Bertz CT molecular complexity index is 1290. The van der Waals surface area contributed by atoms with Gasteiger partial charge in [-0.15, -0.1) is 0 Å². The molecule has 1 aliphatic rings. The highest BCUT2D eigenvalue weighted by Gasteiger charge is 2.30. The number of methoxy groups -OCH3 is 1. The molecule has 1 unspecified atom stereocenters. The minimum absolute atomic E-state index is 0.0295. The van der Waals surface area contributed by atoms with Crippen LogP contribution in [0.3, 0.4) is 0 Å². The molecular formula is C29H27NO8. The summed E-state index contributed by atoms with van der Waals surface area (Å²) in [7, 11) is 1.51. The Hall–Kier alpha value is -4.66. The van der Waals surface area contributed by atoms with E-state index in [1.54, 1.807) is 24.3 Å². The predicted molar refractivity (Wildman–Crippen MR) is 137 cm³/mol. The number of fused-ring (bicyclic) bond motifs is 3. The molecule has 0 aliphatic heterocycles. The largest absolute Gasteiger partial charge is 0.497 e. The van der Waals surface area contributed by atoms with E-state index in [9.17, 15) is 24.3 Å². The number of esters is 1. The third-order valence-corrected chi connectivity index (χ3v) is 6.35. The summed E-state index contributed by atoms with van der Waals surface area (Å²) < 4.78 is 15.4. The zero-order chi connectivity index (χ0) is 27.1. The molecule has 0 spiro atoms. The average molecular weight is 518 g/mol. The van der Waals surface area contributed by atoms with Gasteiger partial charge in [-0.25, -0.2) is 9.59 Å². The molecule has 1 aliphatic carbocycles. The monoisotopic (exact) mass is 517 g/mol. The van der Waals surface area contributed by atoms with E-state index >= 15 is 0 Å². The van der Waals surface area contributed by atoms with Gasteiger partial charge in [-0.05, 0) is 52.9 Å². The van der Waals surface area contributed by atoms with E-state index in [1.165, 1.54) is 7.11 Å². The molecule has 0 bridgehead atoms. The number of rotatable bonds is 11. The molecule has 4 rings (SSSR count). The van der Waals surface area contributed by atoms with Crippen molar-refractivity contribution in [2.75, 3.05) is 20.3 Å². The van der Waals surface area contributed by atoms with Crippen molar-refractivity contribution in [1.29, 1.82) is 0 Å². The van der Waals surface area contributed by atoms with Crippen molar-refractivity contribution < 1.29 is 38.5 Å². The molecule has 2 N–H and O–H groups in total. The Morgan fingerprint density at radius 3 is 2.05 bits per heavy atom. The number of carbonyl (C=O) groups excluding carboxylic acids is 3. The van der Waals surface area contributed by atoms with Crippen LogP contribution in [0, 0.1) is 0 Å². The minimum atomic E-state index is -1.37. The van der Waals surface area contributed by atoms with Crippen LogP contribution in [0.25, 0.3) is 11.1 Å². The number of hydrogen-bond donors (Lipinski definition) is 2. The SMILES string of the molecule is COc1ccc(C(=O)COC(=O)CCC(NC(=O)OCC2c3ccccc3-c3ccccc32)C(=O)O)cc1. The zero-order valence-electron chi connectivity index (χ0n) is 20.7. The van der Waals surface area contributed by atoms with Gasteiger partial charge in [0.05, 0.1) is 7.11 Å². The van der Waals surface area contributed by atoms with Crippen molar-refractivity contribution in [1.82, 2.24) is 5.32 Å². The van der Waals surface area contributed by atoms with Crippen LogP contribution >= 0.6 is 0 Å². The second-order valence-electron chi connectivity index (χ2n) is 8.71. The smallest absolute Gasteiger partial charge is 0.407 e. The van der Waals surface area contributed by atoms with Crippen LogP contribution in [0.5, 0.6) is 5.75 Å². The molecule has 1 amide bonds. The van der Waals surface area contributed by atoms with Crippen LogP contribution in [-0.2, 0) is 19.1 Å². The third kappa shape index (κ3) is 6.18. The van der Waals surface area contributed by atoms with Crippen molar-refractivity contribution in [3.63, 3.8) is 0 Å². The molecule has 0 heterocycles. The summed E-state index contributed by atoms with van der Waals surface area (Å²) in [5.41, 5.74) is 4.55. The molecule has 3 aromatic carbocycles. The van der Waals surface area contributed by atoms with Crippen molar-refractivity contribution in [2.24, 2.45) is 0 Å². The fourth-order valence-corrected chi connectivity index (χ4v) is 4.38. The highest BCUT2D eigenvalue weighted by Crippen LogP contribution is 2.44. The Balaban J connectivity index is 1.25. The number of alkyl carbamates (subject to hydrolysis) is 1. The molecule has 0 saturated heterocycles. The Labute approximate surface area is 219 Å². The van der Waals surface area contributed by atoms with E-state index in [1.807, 2.05) is 48.5 Å². The van der Waals surface area contributed by atoms with Gasteiger partial charge in [-0.2, -0.15) is 0 Å². The normalized spacial score (nSPS) is 12.6. The summed E-state index contributed by atoms with van der Waals surface area (Å²) in [6, 6.07) is 20.7. The number of aliphatic carboxylic acids is 1. The number of carbonyl (C=O) groups is 4. The fraction of sp³-hybridized carbons (Fsp3) is 0.241. The standard InChI is InChI=1S/C29H27NO8/c1-36-19-12-10-18(11-13-19)26(31)17-37-27(32)15-14-25(28(33)34)30-29(35)38-16-24-22-8-4-2-6-20(22)21-7-3-5-9-23(21)24/h2-13,24-25H,14-17H2,1H3,(H,30,35)(H,33,34). The van der Waals surface area contributed by atoms with Gasteiger partial charge in [0.1, 0.15) is 18.4 Å². The van der Waals surface area contributed by atoms with E-state index in [0.717, 1.165) is 22.3 Å². The van der Waals surface area contributed by atoms with Gasteiger partial charge in [-0.3, -0.25) is 9.59 Å². The molecule has 0 aromatic heterocycles. The van der Waals surface area contributed by atoms with E-state index in [4.69, 9.17) is 14.2 Å². The van der Waals surface area contributed by atoms with Crippen LogP contribution in [0.1, 0.15) is 40.2 Å². The Morgan fingerprint density at radius 2 is 1.47 bits per heavy atom. The number of carboxylic acid groups (broad SMARTS) is 1. The van der Waals surface area contributed by atoms with Gasteiger partial charge in [0.15, 0.2) is 12.4 Å². The lowest BCUT2D eigenvalue weighted by Crippen LogP contribution is -2.41. The Morgan fingerprint density at radius 1 is 0.868 bits per heavy atom. The lowest BCUT2D eigenvalue weighted by atomic mass is 9.98. The number of Topliss-reactive ketones (excluding diaryl/α,β-unsaturated/α-hetero) is 1. The fourth-order valence-electron chi connectivity index (χ4n) is 4.38. The first-order valence-electron chi connectivity index (χ1n) is 12.0. The summed E-state index contributed by atoms with van der Waals surface area (Å²) in [6.45, 7) is -0.454. The first-order chi connectivity index (χ1) is 18.4. The number of nitrogens with one attached hydrogen (secondary N) is 1. The van der Waals surface area contributed by atoms with Gasteiger partial charge < -0.3 is 24.6 Å². The summed E-state index contributed by atoms with van der Waals surface area (Å²) in [5.74, 6) is -2.07. The quantitative estimate of drug-likeness (QED) is 0.286. The number of carboxylic acids is 1. The van der Waals surface area contributed by atoms with Crippen molar-refractivity contribution in [3.05, 3.63) is 89.5 Å². The number of ketones is 1. The summed E-state index contributed by atoms with van der Waals surface area (Å²) in [5, 5.41) is 11.8. The maximum atomic E-state index is 12.4. The van der Waals surface area contributed by atoms with Gasteiger partial charge in [0.25, 0.3) is 0 Å². The molecule has 1 atom stereocenters. The minimum Gasteiger partial charge on any atom is -0.497 e. The van der Waals surface area contributed by atoms with Gasteiger partial charge in [0, 0.05) is 17.9 Å². The van der Waals surface area contributed by atoms with Crippen LogP contribution < -0.4 is 10.1 Å². The molecular weight excluding hydrogens is 490 g/mol. The first kappa shape index (κ1) is 26.4. The summed E-state index contributed by atoms with van der Waals surface area (Å²) in [6.07, 6.45) is -1.44. The number of hydrogen-bond acceptors (Lipinski definition) is 7. The topological polar surface area (TPSA) is 128 Å². The predicted octanol–water partition coefficient (Wildman–Crippen LogP) is 4.19. The average Bonchev–Trinajstić information content (AvgIpc) is 3.26. The van der Waals surface area contributed by atoms with Crippen molar-refractivity contribution >= 4 is 23.8 Å². The van der Waals surface area contributed by atoms with Crippen LogP contribution in [-0.4, -0.2) is 55.3 Å². The molecule has 9 heteroatoms. The summed E-state index contributed by atoms with van der Waals surface area (Å²) >= 11 is 0. The molecule has 3 aromatic rings. The molecule has 0 radical (unpaired) electrons. The van der Waals surface area contributed by atoms with Crippen LogP contribution in [0.2, 0.25) is 0 Å². The van der Waals surface area contributed by atoms with Gasteiger partial charge in [-0.1, -0.05) is 48.5 Å². The van der Waals surface area contributed by atoms with Crippen molar-refractivity contribution in [3.8, 4) is 16.9 Å². The van der Waals surface area contributed by atoms with Gasteiger partial charge in [0.2, 0.25) is 0 Å². The van der Waals surface area contributed by atoms with E-state index in [0.29, 0.717) is 11.3 Å². The van der Waals surface area contributed by atoms with Gasteiger partial charge >= 0.3 is 18.0 Å². The lowest BCUT2D eigenvalue weighted by molar-refractivity contribution is -0.143. The zero-order valence-corrected chi connectivity index (χ0v) is 20.7. The van der Waals surface area contributed by atoms with E-state index < -0.39 is 36.5 Å². The number of amides is 1. The highest BCUT2D eigenvalue weighted by atomic mass is 16.5. The number of ether oxygens (including phenoxy) is 3. The maximum absolute atomic E-state index is 12.4. The van der Waals surface area contributed by atoms with Crippen LogP contribution in [0.15, 0.2) is 72.8 Å². The highest BCUT2D eigenvalue weighted by molar-refractivity contribution is 5.98. The molecule has 9 nitrogen and oxygen atoms in total. The second-order valence-corrected chi connectivity index (χ2v) is 8.71. The van der Waals surface area contributed by atoms with E-state index in [2.05, 4.69) is 5.32 Å². The number of benzene rings is 3. The Kier molecular flexibility index (Phi) is 8.37. The molecule has 0 saturated carbocycles.